The summed E-state index contributed by atoms with van der Waals surface area (Å²) in [6.45, 7) is 6.97. The highest BCUT2D eigenvalue weighted by atomic mass is 32.2. The zero-order valence-corrected chi connectivity index (χ0v) is 10.5. The van der Waals surface area contributed by atoms with Gasteiger partial charge < -0.3 is 0 Å². The Morgan fingerprint density at radius 3 is 2.29 bits per heavy atom. The Labute approximate surface area is 90.4 Å². The van der Waals surface area contributed by atoms with Gasteiger partial charge in [0, 0.05) is 6.54 Å². The summed E-state index contributed by atoms with van der Waals surface area (Å²) in [5.74, 6) is 0.759. The predicted octanol–water partition coefficient (Wildman–Crippen LogP) is 2.62. The third-order valence-electron chi connectivity index (χ3n) is 2.78. The van der Waals surface area contributed by atoms with E-state index in [9.17, 15) is 4.21 Å². The van der Waals surface area contributed by atoms with Gasteiger partial charge in [-0.05, 0) is 39.5 Å². The number of hydrogen-bond donors (Lipinski definition) is 1. The Balaban J connectivity index is 2.22. The van der Waals surface area contributed by atoms with Crippen LogP contribution in [-0.2, 0) is 11.0 Å². The molecule has 0 aromatic heterocycles. The van der Waals surface area contributed by atoms with E-state index in [-0.39, 0.29) is 4.75 Å². The van der Waals surface area contributed by atoms with Crippen molar-refractivity contribution in [3.8, 4) is 0 Å². The smallest absolute Gasteiger partial charge is 0.0970 e. The lowest BCUT2D eigenvalue weighted by Gasteiger charge is -2.24. The van der Waals surface area contributed by atoms with Crippen LogP contribution in [0.15, 0.2) is 0 Å². The van der Waals surface area contributed by atoms with Gasteiger partial charge in [-0.3, -0.25) is 0 Å². The fourth-order valence-corrected chi connectivity index (χ4v) is 2.62. The van der Waals surface area contributed by atoms with Crippen molar-refractivity contribution in [2.45, 2.75) is 57.6 Å². The van der Waals surface area contributed by atoms with Crippen LogP contribution in [0.3, 0.4) is 0 Å². The highest BCUT2D eigenvalue weighted by Gasteiger charge is 2.21. The molecule has 1 atom stereocenters. The minimum absolute atomic E-state index is 0.130. The molecule has 0 saturated heterocycles. The molecule has 1 N–H and O–H groups in total. The first kappa shape index (κ1) is 12.2. The summed E-state index contributed by atoms with van der Waals surface area (Å²) in [4.78, 5) is 0. The van der Waals surface area contributed by atoms with Crippen molar-refractivity contribution in [1.82, 2.24) is 4.72 Å². The van der Waals surface area contributed by atoms with E-state index in [4.69, 9.17) is 0 Å². The summed E-state index contributed by atoms with van der Waals surface area (Å²) in [6.07, 6.45) is 6.73. The first-order chi connectivity index (χ1) is 6.50. The minimum atomic E-state index is -0.889. The third kappa shape index (κ3) is 4.09. The van der Waals surface area contributed by atoms with Gasteiger partial charge in [0.15, 0.2) is 0 Å². The van der Waals surface area contributed by atoms with Crippen molar-refractivity contribution in [3.05, 3.63) is 0 Å². The molecule has 1 fully saturated rings. The van der Waals surface area contributed by atoms with Gasteiger partial charge in [0.2, 0.25) is 0 Å². The topological polar surface area (TPSA) is 29.1 Å². The standard InChI is InChI=1S/C11H23NOS/c1-11(2,3)14(13)12-9-10-7-5-4-6-8-10/h10,12H,4-9H2,1-3H3. The Morgan fingerprint density at radius 2 is 1.79 bits per heavy atom. The van der Waals surface area contributed by atoms with Gasteiger partial charge in [-0.1, -0.05) is 19.3 Å². The first-order valence-corrected chi connectivity index (χ1v) is 6.80. The molecule has 2 nitrogen and oxygen atoms in total. The van der Waals surface area contributed by atoms with Crippen molar-refractivity contribution in [1.29, 1.82) is 0 Å². The van der Waals surface area contributed by atoms with Crippen LogP contribution in [0.4, 0.5) is 0 Å². The molecule has 3 heteroatoms. The van der Waals surface area contributed by atoms with Crippen LogP contribution < -0.4 is 4.72 Å². The second-order valence-electron chi connectivity index (χ2n) is 5.23. The molecular formula is C11H23NOS. The molecule has 1 unspecified atom stereocenters. The SMILES string of the molecule is CC(C)(C)S(=O)NCC1CCCCC1. The molecule has 14 heavy (non-hydrogen) atoms. The lowest BCUT2D eigenvalue weighted by atomic mass is 9.90. The lowest BCUT2D eigenvalue weighted by molar-refractivity contribution is 0.358. The maximum Gasteiger partial charge on any atom is 0.0970 e. The highest BCUT2D eigenvalue weighted by molar-refractivity contribution is 7.84. The summed E-state index contributed by atoms with van der Waals surface area (Å²) in [6, 6.07) is 0. The van der Waals surface area contributed by atoms with Crippen molar-refractivity contribution in [2.24, 2.45) is 5.92 Å². The van der Waals surface area contributed by atoms with Crippen molar-refractivity contribution in [3.63, 3.8) is 0 Å². The third-order valence-corrected chi connectivity index (χ3v) is 4.33. The highest BCUT2D eigenvalue weighted by Crippen LogP contribution is 2.23. The van der Waals surface area contributed by atoms with Gasteiger partial charge in [0.1, 0.15) is 0 Å². The molecule has 0 amide bonds. The average molecular weight is 217 g/mol. The Morgan fingerprint density at radius 1 is 1.21 bits per heavy atom. The maximum absolute atomic E-state index is 11.7. The van der Waals surface area contributed by atoms with Crippen molar-refractivity contribution >= 4 is 11.0 Å². The summed E-state index contributed by atoms with van der Waals surface area (Å²) in [5, 5.41) is 0. The molecule has 1 saturated carbocycles. The molecule has 0 radical (unpaired) electrons. The van der Waals surface area contributed by atoms with Crippen molar-refractivity contribution in [2.75, 3.05) is 6.54 Å². The maximum atomic E-state index is 11.7. The number of hydrogen-bond acceptors (Lipinski definition) is 1. The average Bonchev–Trinajstić information content (AvgIpc) is 2.14. The van der Waals surface area contributed by atoms with Crippen LogP contribution in [0.1, 0.15) is 52.9 Å². The Bertz CT molecular complexity index is 192. The van der Waals surface area contributed by atoms with E-state index in [2.05, 4.69) is 4.72 Å². The Kier molecular flexibility index (Phi) is 4.58. The summed E-state index contributed by atoms with van der Waals surface area (Å²) in [7, 11) is -0.889. The van der Waals surface area contributed by atoms with E-state index >= 15 is 0 Å². The van der Waals surface area contributed by atoms with Gasteiger partial charge in [-0.25, -0.2) is 8.93 Å². The van der Waals surface area contributed by atoms with Crippen LogP contribution in [-0.4, -0.2) is 15.5 Å². The molecule has 0 aromatic carbocycles. The van der Waals surface area contributed by atoms with Gasteiger partial charge in [-0.15, -0.1) is 0 Å². The first-order valence-electron chi connectivity index (χ1n) is 5.65. The van der Waals surface area contributed by atoms with Gasteiger partial charge in [0.25, 0.3) is 0 Å². The second-order valence-corrected chi connectivity index (χ2v) is 7.28. The minimum Gasteiger partial charge on any atom is -0.242 e. The van der Waals surface area contributed by atoms with Gasteiger partial charge in [-0.2, -0.15) is 0 Å². The van der Waals surface area contributed by atoms with Gasteiger partial charge in [0.05, 0.1) is 15.7 Å². The van der Waals surface area contributed by atoms with Crippen LogP contribution in [0, 0.1) is 5.92 Å². The molecular weight excluding hydrogens is 194 g/mol. The van der Waals surface area contributed by atoms with E-state index in [1.807, 2.05) is 20.8 Å². The van der Waals surface area contributed by atoms with Crippen LogP contribution in [0.5, 0.6) is 0 Å². The zero-order valence-electron chi connectivity index (χ0n) is 9.64. The van der Waals surface area contributed by atoms with Gasteiger partial charge >= 0.3 is 0 Å². The molecule has 1 rings (SSSR count). The quantitative estimate of drug-likeness (QED) is 0.773. The lowest BCUT2D eigenvalue weighted by Crippen LogP contribution is -2.36. The fraction of sp³-hybridized carbons (Fsp3) is 1.00. The number of rotatable bonds is 3. The molecule has 1 aliphatic carbocycles. The molecule has 0 heterocycles. The van der Waals surface area contributed by atoms with Crippen LogP contribution >= 0.6 is 0 Å². The molecule has 0 bridgehead atoms. The summed E-state index contributed by atoms with van der Waals surface area (Å²) >= 11 is 0. The van der Waals surface area contributed by atoms with E-state index < -0.39 is 11.0 Å². The molecule has 0 aliphatic heterocycles. The normalized spacial score (nSPS) is 22.2. The molecule has 0 aromatic rings. The number of nitrogens with one attached hydrogen (secondary N) is 1. The van der Waals surface area contributed by atoms with Crippen molar-refractivity contribution < 1.29 is 4.21 Å². The van der Waals surface area contributed by atoms with Crippen LogP contribution in [0.25, 0.3) is 0 Å². The zero-order chi connectivity index (χ0) is 10.6. The summed E-state index contributed by atoms with van der Waals surface area (Å²) in [5.41, 5.74) is 0. The van der Waals surface area contributed by atoms with E-state index in [0.717, 1.165) is 12.5 Å². The van der Waals surface area contributed by atoms with E-state index in [1.165, 1.54) is 32.1 Å². The fourth-order valence-electron chi connectivity index (χ4n) is 1.80. The van der Waals surface area contributed by atoms with E-state index in [1.54, 1.807) is 0 Å². The molecule has 0 spiro atoms. The predicted molar refractivity (Wildman–Crippen MR) is 62.5 cm³/mol. The molecule has 84 valence electrons. The Hall–Kier alpha value is 0.110. The summed E-state index contributed by atoms with van der Waals surface area (Å²) < 4.78 is 14.7. The molecule has 1 aliphatic rings. The monoisotopic (exact) mass is 217 g/mol. The second kappa shape index (κ2) is 5.26. The van der Waals surface area contributed by atoms with E-state index in [0.29, 0.717) is 0 Å². The largest absolute Gasteiger partial charge is 0.242 e. The van der Waals surface area contributed by atoms with Crippen LogP contribution in [0.2, 0.25) is 0 Å².